The summed E-state index contributed by atoms with van der Waals surface area (Å²) in [6, 6.07) is 6.17. The summed E-state index contributed by atoms with van der Waals surface area (Å²) in [4.78, 5) is 2.45. The van der Waals surface area contributed by atoms with Crippen LogP contribution in [0.25, 0.3) is 0 Å². The quantitative estimate of drug-likeness (QED) is 0.895. The topological polar surface area (TPSA) is 29.3 Å². The largest absolute Gasteiger partial charge is 0.371 e. The van der Waals surface area contributed by atoms with Crippen molar-refractivity contribution in [3.8, 4) is 0 Å². The molecule has 0 aromatic heterocycles. The number of benzene rings is 1. The molecule has 0 aliphatic carbocycles. The first-order valence-corrected chi connectivity index (χ1v) is 6.80. The van der Waals surface area contributed by atoms with E-state index in [-0.39, 0.29) is 0 Å². The van der Waals surface area contributed by atoms with Gasteiger partial charge in [-0.1, -0.05) is 17.7 Å². The van der Waals surface area contributed by atoms with Gasteiger partial charge < -0.3 is 10.6 Å². The van der Waals surface area contributed by atoms with Crippen LogP contribution in [0.1, 0.15) is 24.8 Å². The molecule has 2 nitrogen and oxygen atoms in total. The standard InChI is InChI=1S/C14H21ClN2/c1-11-13(15)3-2-4-14(11)17-9-6-12(5-8-16)7-10-17/h2-4,12H,5-10,16H2,1H3. The number of rotatable bonds is 3. The fourth-order valence-electron chi connectivity index (χ4n) is 2.64. The van der Waals surface area contributed by atoms with Crippen molar-refractivity contribution in [2.24, 2.45) is 11.7 Å². The lowest BCUT2D eigenvalue weighted by molar-refractivity contribution is 0.386. The van der Waals surface area contributed by atoms with Gasteiger partial charge in [-0.3, -0.25) is 0 Å². The molecule has 0 unspecified atom stereocenters. The molecule has 0 saturated carbocycles. The van der Waals surface area contributed by atoms with Crippen molar-refractivity contribution < 1.29 is 0 Å². The van der Waals surface area contributed by atoms with Crippen LogP contribution in [0.2, 0.25) is 5.02 Å². The molecule has 2 N–H and O–H groups in total. The Balaban J connectivity index is 2.03. The van der Waals surface area contributed by atoms with Gasteiger partial charge in [0, 0.05) is 23.8 Å². The minimum Gasteiger partial charge on any atom is -0.371 e. The highest BCUT2D eigenvalue weighted by atomic mass is 35.5. The predicted molar refractivity (Wildman–Crippen MR) is 74.8 cm³/mol. The maximum Gasteiger partial charge on any atom is 0.0455 e. The van der Waals surface area contributed by atoms with Crippen molar-refractivity contribution in [1.29, 1.82) is 0 Å². The first-order chi connectivity index (χ1) is 8.22. The van der Waals surface area contributed by atoms with Gasteiger partial charge in [0.25, 0.3) is 0 Å². The molecule has 0 amide bonds. The van der Waals surface area contributed by atoms with E-state index in [1.165, 1.54) is 30.5 Å². The highest BCUT2D eigenvalue weighted by molar-refractivity contribution is 6.31. The van der Waals surface area contributed by atoms with Crippen LogP contribution in [-0.4, -0.2) is 19.6 Å². The van der Waals surface area contributed by atoms with Crippen molar-refractivity contribution in [3.63, 3.8) is 0 Å². The monoisotopic (exact) mass is 252 g/mol. The normalized spacial score (nSPS) is 17.5. The third-order valence-electron chi connectivity index (χ3n) is 3.77. The van der Waals surface area contributed by atoms with E-state index in [2.05, 4.69) is 17.9 Å². The average Bonchev–Trinajstić information content (AvgIpc) is 2.34. The van der Waals surface area contributed by atoms with Crippen molar-refractivity contribution >= 4 is 17.3 Å². The number of anilines is 1. The first-order valence-electron chi connectivity index (χ1n) is 6.42. The summed E-state index contributed by atoms with van der Waals surface area (Å²) in [5, 5.41) is 0.867. The lowest BCUT2D eigenvalue weighted by Crippen LogP contribution is -2.34. The lowest BCUT2D eigenvalue weighted by atomic mass is 9.93. The SMILES string of the molecule is Cc1c(Cl)cccc1N1CCC(CCN)CC1. The third kappa shape index (κ3) is 2.93. The molecule has 3 heteroatoms. The fraction of sp³-hybridized carbons (Fsp3) is 0.571. The summed E-state index contributed by atoms with van der Waals surface area (Å²) in [6.45, 7) is 5.18. The Labute approximate surface area is 109 Å². The Morgan fingerprint density at radius 1 is 1.35 bits per heavy atom. The molecule has 0 spiro atoms. The van der Waals surface area contributed by atoms with Crippen molar-refractivity contribution in [3.05, 3.63) is 28.8 Å². The van der Waals surface area contributed by atoms with Gasteiger partial charge in [-0.25, -0.2) is 0 Å². The van der Waals surface area contributed by atoms with E-state index >= 15 is 0 Å². The molecule has 0 atom stereocenters. The molecule has 2 rings (SSSR count). The van der Waals surface area contributed by atoms with E-state index in [1.807, 2.05) is 12.1 Å². The molecular formula is C14H21ClN2. The summed E-state index contributed by atoms with van der Waals surface area (Å²) in [7, 11) is 0. The highest BCUT2D eigenvalue weighted by Gasteiger charge is 2.20. The molecule has 0 bridgehead atoms. The molecule has 1 aliphatic heterocycles. The summed E-state index contributed by atoms with van der Waals surface area (Å²) < 4.78 is 0. The molecule has 1 saturated heterocycles. The van der Waals surface area contributed by atoms with E-state index in [0.717, 1.165) is 30.6 Å². The zero-order valence-electron chi connectivity index (χ0n) is 10.5. The Morgan fingerprint density at radius 3 is 2.71 bits per heavy atom. The van der Waals surface area contributed by atoms with Crippen LogP contribution < -0.4 is 10.6 Å². The van der Waals surface area contributed by atoms with E-state index in [9.17, 15) is 0 Å². The summed E-state index contributed by atoms with van der Waals surface area (Å²) in [5.74, 6) is 0.816. The molecule has 1 fully saturated rings. The second-order valence-corrected chi connectivity index (χ2v) is 5.30. The van der Waals surface area contributed by atoms with Crippen LogP contribution in [-0.2, 0) is 0 Å². The van der Waals surface area contributed by atoms with Gasteiger partial charge in [0.1, 0.15) is 0 Å². The third-order valence-corrected chi connectivity index (χ3v) is 4.18. The zero-order chi connectivity index (χ0) is 12.3. The summed E-state index contributed by atoms with van der Waals surface area (Å²) in [6.07, 6.45) is 3.68. The maximum atomic E-state index is 6.17. The Hall–Kier alpha value is -0.730. The van der Waals surface area contributed by atoms with Crippen LogP contribution in [0.4, 0.5) is 5.69 Å². The number of nitrogens with zero attached hydrogens (tertiary/aromatic N) is 1. The predicted octanol–water partition coefficient (Wildman–Crippen LogP) is 3.21. The van der Waals surface area contributed by atoms with Crippen LogP contribution >= 0.6 is 11.6 Å². The van der Waals surface area contributed by atoms with Gasteiger partial charge in [-0.05, 0) is 56.3 Å². The maximum absolute atomic E-state index is 6.17. The minimum absolute atomic E-state index is 0.816. The van der Waals surface area contributed by atoms with E-state index in [1.54, 1.807) is 0 Å². The van der Waals surface area contributed by atoms with Gasteiger partial charge in [0.2, 0.25) is 0 Å². The lowest BCUT2D eigenvalue weighted by Gasteiger charge is -2.34. The molecule has 0 radical (unpaired) electrons. The van der Waals surface area contributed by atoms with Gasteiger partial charge in [0.15, 0.2) is 0 Å². The van der Waals surface area contributed by atoms with Crippen LogP contribution in [0.3, 0.4) is 0 Å². The summed E-state index contributed by atoms with van der Waals surface area (Å²) in [5.41, 5.74) is 8.11. The van der Waals surface area contributed by atoms with Crippen LogP contribution in [0.5, 0.6) is 0 Å². The Kier molecular flexibility index (Phi) is 4.30. The second-order valence-electron chi connectivity index (χ2n) is 4.89. The highest BCUT2D eigenvalue weighted by Crippen LogP contribution is 2.30. The number of nitrogens with two attached hydrogens (primary N) is 1. The van der Waals surface area contributed by atoms with Gasteiger partial charge in [-0.15, -0.1) is 0 Å². The number of hydrogen-bond acceptors (Lipinski definition) is 2. The van der Waals surface area contributed by atoms with E-state index < -0.39 is 0 Å². The molecule has 1 heterocycles. The number of hydrogen-bond donors (Lipinski definition) is 1. The molecule has 1 aromatic rings. The van der Waals surface area contributed by atoms with E-state index in [4.69, 9.17) is 17.3 Å². The molecule has 17 heavy (non-hydrogen) atoms. The van der Waals surface area contributed by atoms with Crippen LogP contribution in [0.15, 0.2) is 18.2 Å². The molecule has 94 valence electrons. The molecule has 1 aromatic carbocycles. The van der Waals surface area contributed by atoms with Crippen molar-refractivity contribution in [2.75, 3.05) is 24.5 Å². The van der Waals surface area contributed by atoms with Gasteiger partial charge in [0.05, 0.1) is 0 Å². The van der Waals surface area contributed by atoms with Crippen LogP contribution in [0, 0.1) is 12.8 Å². The van der Waals surface area contributed by atoms with Crippen molar-refractivity contribution in [1.82, 2.24) is 0 Å². The van der Waals surface area contributed by atoms with E-state index in [0.29, 0.717) is 0 Å². The Morgan fingerprint density at radius 2 is 2.06 bits per heavy atom. The van der Waals surface area contributed by atoms with Gasteiger partial charge in [-0.2, -0.15) is 0 Å². The Bertz CT molecular complexity index is 370. The second kappa shape index (κ2) is 5.74. The minimum atomic E-state index is 0.816. The smallest absolute Gasteiger partial charge is 0.0455 e. The molecule has 1 aliphatic rings. The number of piperidine rings is 1. The zero-order valence-corrected chi connectivity index (χ0v) is 11.2. The fourth-order valence-corrected chi connectivity index (χ4v) is 2.81. The number of halogens is 1. The first kappa shape index (κ1) is 12.7. The van der Waals surface area contributed by atoms with Crippen molar-refractivity contribution in [2.45, 2.75) is 26.2 Å². The molecular weight excluding hydrogens is 232 g/mol. The summed E-state index contributed by atoms with van der Waals surface area (Å²) >= 11 is 6.17. The average molecular weight is 253 g/mol. The van der Waals surface area contributed by atoms with Gasteiger partial charge >= 0.3 is 0 Å².